The number of hydrogen-bond donors (Lipinski definition) is 1. The maximum Gasteiger partial charge on any atom is 0.269 e. The van der Waals surface area contributed by atoms with Gasteiger partial charge in [-0.1, -0.05) is 11.6 Å². The Morgan fingerprint density at radius 1 is 1.32 bits per heavy atom. The molecule has 0 bridgehead atoms. The quantitative estimate of drug-likeness (QED) is 0.866. The number of aromatic nitrogens is 1. The predicted molar refractivity (Wildman–Crippen MR) is 93.3 cm³/mol. The molecule has 0 spiro atoms. The highest BCUT2D eigenvalue weighted by atomic mass is 35.5. The molecule has 3 rings (SSSR count). The zero-order chi connectivity index (χ0) is 18.0. The van der Waals surface area contributed by atoms with E-state index in [1.165, 1.54) is 26.9 Å². The molecule has 1 N–H and O–H groups in total. The van der Waals surface area contributed by atoms with Crippen molar-refractivity contribution in [1.82, 2.24) is 14.8 Å². The second-order valence-corrected chi connectivity index (χ2v) is 7.12. The Morgan fingerprint density at radius 3 is 2.76 bits per heavy atom. The number of nitrogens with one attached hydrogen (secondary N) is 1. The molecule has 9 heteroatoms. The maximum absolute atomic E-state index is 12.5. The molecule has 0 saturated carbocycles. The Labute approximate surface area is 152 Å². The third-order valence-electron chi connectivity index (χ3n) is 3.80. The third-order valence-corrected chi connectivity index (χ3v) is 5.06. The van der Waals surface area contributed by atoms with Crippen LogP contribution in [0.3, 0.4) is 0 Å². The van der Waals surface area contributed by atoms with Crippen LogP contribution in [0.4, 0.5) is 0 Å². The summed E-state index contributed by atoms with van der Waals surface area (Å²) >= 11 is 7.24. The molecular formula is C16H13ClN4O3S. The summed E-state index contributed by atoms with van der Waals surface area (Å²) in [5.74, 6) is -0.584. The third kappa shape index (κ3) is 3.57. The highest BCUT2D eigenvalue weighted by Gasteiger charge is 2.23. The molecule has 1 aliphatic rings. The highest BCUT2D eigenvalue weighted by molar-refractivity contribution is 7.19. The smallest absolute Gasteiger partial charge is 0.269 e. The van der Waals surface area contributed by atoms with Crippen molar-refractivity contribution < 1.29 is 9.59 Å². The summed E-state index contributed by atoms with van der Waals surface area (Å²) in [5.41, 5.74) is -0.0781. The van der Waals surface area contributed by atoms with Gasteiger partial charge in [-0.25, -0.2) is 0 Å². The molecule has 128 valence electrons. The van der Waals surface area contributed by atoms with Gasteiger partial charge in [-0.2, -0.15) is 5.26 Å². The van der Waals surface area contributed by atoms with E-state index in [4.69, 9.17) is 16.9 Å². The summed E-state index contributed by atoms with van der Waals surface area (Å²) in [5, 5.41) is 11.7. The van der Waals surface area contributed by atoms with E-state index in [1.54, 1.807) is 18.2 Å². The number of piperazine rings is 1. The lowest BCUT2D eigenvalue weighted by molar-refractivity contribution is -0.138. The van der Waals surface area contributed by atoms with Gasteiger partial charge in [0, 0.05) is 13.1 Å². The van der Waals surface area contributed by atoms with E-state index in [-0.39, 0.29) is 30.5 Å². The van der Waals surface area contributed by atoms with E-state index in [0.29, 0.717) is 23.1 Å². The van der Waals surface area contributed by atoms with Crippen molar-refractivity contribution in [1.29, 1.82) is 5.26 Å². The van der Waals surface area contributed by atoms with Crippen LogP contribution in [0.15, 0.2) is 29.1 Å². The van der Waals surface area contributed by atoms with E-state index in [0.717, 1.165) is 4.88 Å². The largest absolute Gasteiger partial charge is 0.353 e. The summed E-state index contributed by atoms with van der Waals surface area (Å²) in [4.78, 5) is 38.7. The number of thiophene rings is 1. The Hall–Kier alpha value is -2.63. The van der Waals surface area contributed by atoms with E-state index in [2.05, 4.69) is 5.32 Å². The van der Waals surface area contributed by atoms with Crippen LogP contribution in [0.25, 0.3) is 10.6 Å². The number of carbonyl (C=O) groups excluding carboxylic acids is 2. The molecule has 7 nitrogen and oxygen atoms in total. The fraction of sp³-hybridized carbons (Fsp3) is 0.250. The zero-order valence-electron chi connectivity index (χ0n) is 13.0. The fourth-order valence-electron chi connectivity index (χ4n) is 2.57. The minimum absolute atomic E-state index is 0.0360. The van der Waals surface area contributed by atoms with Crippen LogP contribution in [0.1, 0.15) is 5.56 Å². The van der Waals surface area contributed by atoms with Crippen LogP contribution >= 0.6 is 22.9 Å². The Kier molecular flexibility index (Phi) is 4.88. The number of carbonyl (C=O) groups is 2. The minimum atomic E-state index is -0.542. The van der Waals surface area contributed by atoms with E-state index in [9.17, 15) is 14.4 Å². The van der Waals surface area contributed by atoms with Crippen molar-refractivity contribution in [3.05, 3.63) is 44.5 Å². The van der Waals surface area contributed by atoms with Gasteiger partial charge in [-0.05, 0) is 24.3 Å². The van der Waals surface area contributed by atoms with Gasteiger partial charge < -0.3 is 10.2 Å². The van der Waals surface area contributed by atoms with Crippen LogP contribution in [0, 0.1) is 11.3 Å². The molecule has 0 aliphatic carbocycles. The minimum Gasteiger partial charge on any atom is -0.353 e. The second kappa shape index (κ2) is 7.09. The van der Waals surface area contributed by atoms with Gasteiger partial charge in [0.2, 0.25) is 11.8 Å². The molecule has 0 unspecified atom stereocenters. The first kappa shape index (κ1) is 17.2. The number of nitriles is 1. The Bertz CT molecular complexity index is 944. The number of rotatable bonds is 3. The molecule has 25 heavy (non-hydrogen) atoms. The van der Waals surface area contributed by atoms with Gasteiger partial charge in [0.05, 0.1) is 21.5 Å². The Morgan fingerprint density at radius 2 is 2.12 bits per heavy atom. The number of halogens is 1. The van der Waals surface area contributed by atoms with Crippen molar-refractivity contribution in [3.63, 3.8) is 0 Å². The van der Waals surface area contributed by atoms with Gasteiger partial charge in [0.25, 0.3) is 5.56 Å². The zero-order valence-corrected chi connectivity index (χ0v) is 14.6. The van der Waals surface area contributed by atoms with E-state index < -0.39 is 5.56 Å². The SMILES string of the molecule is N#Cc1ccc(-c2ccc(Cl)s2)n(CC(=O)N2CCNC(=O)C2)c1=O. The standard InChI is InChI=1S/C16H13ClN4O3S/c17-13-4-3-12(25-13)11-2-1-10(7-18)16(24)21(11)9-15(23)20-6-5-19-14(22)8-20/h1-4H,5-6,8-9H2,(H,19,22). The molecule has 1 fully saturated rings. The lowest BCUT2D eigenvalue weighted by atomic mass is 10.2. The van der Waals surface area contributed by atoms with Gasteiger partial charge in [-0.15, -0.1) is 11.3 Å². The summed E-state index contributed by atoms with van der Waals surface area (Å²) in [6.07, 6.45) is 0. The normalized spacial score (nSPS) is 14.1. The monoisotopic (exact) mass is 376 g/mol. The molecule has 3 heterocycles. The van der Waals surface area contributed by atoms with Gasteiger partial charge in [-0.3, -0.25) is 19.0 Å². The molecule has 2 aromatic heterocycles. The molecule has 2 aromatic rings. The van der Waals surface area contributed by atoms with Crippen LogP contribution in [-0.2, 0) is 16.1 Å². The maximum atomic E-state index is 12.5. The average Bonchev–Trinajstić information content (AvgIpc) is 3.02. The Balaban J connectivity index is 1.98. The first-order valence-corrected chi connectivity index (χ1v) is 8.63. The first-order valence-electron chi connectivity index (χ1n) is 7.43. The van der Waals surface area contributed by atoms with Crippen LogP contribution in [0.2, 0.25) is 4.34 Å². The number of nitrogens with zero attached hydrogens (tertiary/aromatic N) is 3. The number of amides is 2. The molecule has 0 atom stereocenters. The summed E-state index contributed by atoms with van der Waals surface area (Å²) in [6, 6.07) is 8.34. The fourth-order valence-corrected chi connectivity index (χ4v) is 3.65. The van der Waals surface area contributed by atoms with Crippen molar-refractivity contribution in [2.45, 2.75) is 6.54 Å². The molecular weight excluding hydrogens is 364 g/mol. The van der Waals surface area contributed by atoms with Gasteiger partial charge >= 0.3 is 0 Å². The summed E-state index contributed by atoms with van der Waals surface area (Å²) in [7, 11) is 0. The van der Waals surface area contributed by atoms with Crippen molar-refractivity contribution in [2.24, 2.45) is 0 Å². The molecule has 1 aliphatic heterocycles. The van der Waals surface area contributed by atoms with Crippen LogP contribution < -0.4 is 10.9 Å². The topological polar surface area (TPSA) is 95.2 Å². The van der Waals surface area contributed by atoms with Crippen LogP contribution in [0.5, 0.6) is 0 Å². The number of hydrogen-bond acceptors (Lipinski definition) is 5. The summed E-state index contributed by atoms with van der Waals surface area (Å²) in [6.45, 7) is 0.487. The summed E-state index contributed by atoms with van der Waals surface area (Å²) < 4.78 is 1.81. The van der Waals surface area contributed by atoms with Crippen LogP contribution in [-0.4, -0.2) is 40.9 Å². The van der Waals surface area contributed by atoms with Crippen molar-refractivity contribution >= 4 is 34.8 Å². The molecule has 2 amide bonds. The van der Waals surface area contributed by atoms with E-state index >= 15 is 0 Å². The van der Waals surface area contributed by atoms with Gasteiger partial charge in [0.15, 0.2) is 0 Å². The van der Waals surface area contributed by atoms with Gasteiger partial charge in [0.1, 0.15) is 18.2 Å². The average molecular weight is 377 g/mol. The lowest BCUT2D eigenvalue weighted by Crippen LogP contribution is -2.51. The molecule has 0 radical (unpaired) electrons. The number of pyridine rings is 1. The van der Waals surface area contributed by atoms with E-state index in [1.807, 2.05) is 6.07 Å². The molecule has 0 aromatic carbocycles. The van der Waals surface area contributed by atoms with Crippen molar-refractivity contribution in [3.8, 4) is 16.6 Å². The first-order chi connectivity index (χ1) is 12.0. The molecule has 1 saturated heterocycles. The predicted octanol–water partition coefficient (Wildman–Crippen LogP) is 1.06. The second-order valence-electron chi connectivity index (χ2n) is 5.40. The highest BCUT2D eigenvalue weighted by Crippen LogP contribution is 2.30. The lowest BCUT2D eigenvalue weighted by Gasteiger charge is -2.27. The van der Waals surface area contributed by atoms with Crippen molar-refractivity contribution in [2.75, 3.05) is 19.6 Å².